The molecule has 0 saturated heterocycles. The number of aryl methyl sites for hydroxylation is 1. The highest BCUT2D eigenvalue weighted by molar-refractivity contribution is 5.88. The van der Waals surface area contributed by atoms with Gasteiger partial charge < -0.3 is 0 Å². The molecular formula is C20H29O3. The maximum absolute atomic E-state index is 12.0. The van der Waals surface area contributed by atoms with Gasteiger partial charge in [-0.25, -0.2) is 4.79 Å². The molecule has 1 aliphatic rings. The van der Waals surface area contributed by atoms with Gasteiger partial charge in [0.1, 0.15) is 6.10 Å². The lowest BCUT2D eigenvalue weighted by Crippen LogP contribution is -2.26. The molecule has 0 amide bonds. The molecule has 1 aromatic rings. The lowest BCUT2D eigenvalue weighted by Gasteiger charge is -2.35. The summed E-state index contributed by atoms with van der Waals surface area (Å²) < 4.78 is 0. The molecule has 0 atom stereocenters. The van der Waals surface area contributed by atoms with Crippen LogP contribution in [-0.2, 0) is 16.2 Å². The number of carbonyl (C=O) groups is 1. The van der Waals surface area contributed by atoms with Gasteiger partial charge in [0.25, 0.3) is 0 Å². The highest BCUT2D eigenvalue weighted by Crippen LogP contribution is 2.40. The molecule has 0 bridgehead atoms. The smallest absolute Gasteiger partial charge is 0.292 e. The van der Waals surface area contributed by atoms with Crippen molar-refractivity contribution in [2.75, 3.05) is 0 Å². The average molecular weight is 317 g/mol. The number of hydrogen-bond acceptors (Lipinski definition) is 3. The van der Waals surface area contributed by atoms with Crippen molar-refractivity contribution in [3.05, 3.63) is 41.5 Å². The minimum absolute atomic E-state index is 0.336. The van der Waals surface area contributed by atoms with Gasteiger partial charge in [0.15, 0.2) is 0 Å². The molecule has 1 aromatic carbocycles. The first-order valence-corrected chi connectivity index (χ1v) is 8.72. The van der Waals surface area contributed by atoms with Gasteiger partial charge in [0, 0.05) is 0 Å². The zero-order valence-electron chi connectivity index (χ0n) is 14.9. The van der Waals surface area contributed by atoms with Crippen LogP contribution in [0.1, 0.15) is 75.7 Å². The van der Waals surface area contributed by atoms with E-state index in [0.29, 0.717) is 16.9 Å². The van der Waals surface area contributed by atoms with Crippen LogP contribution < -0.4 is 0 Å². The average Bonchev–Trinajstić information content (AvgIpc) is 2.53. The first kappa shape index (κ1) is 18.0. The van der Waals surface area contributed by atoms with Gasteiger partial charge in [-0.05, 0) is 61.1 Å². The second-order valence-corrected chi connectivity index (χ2v) is 7.58. The van der Waals surface area contributed by atoms with Crippen LogP contribution >= 0.6 is 0 Å². The third kappa shape index (κ3) is 5.35. The minimum Gasteiger partial charge on any atom is -0.292 e. The molecule has 0 N–H and O–H groups in total. The molecule has 1 radical (unpaired) electrons. The second kappa shape index (κ2) is 7.96. The fraction of sp³-hybridized carbons (Fsp3) is 0.600. The summed E-state index contributed by atoms with van der Waals surface area (Å²) in [7, 11) is 0. The van der Waals surface area contributed by atoms with Crippen LogP contribution in [0.5, 0.6) is 0 Å². The minimum atomic E-state index is -0.418. The number of benzene rings is 1. The lowest BCUT2D eigenvalue weighted by atomic mass is 9.72. The first-order valence-electron chi connectivity index (χ1n) is 8.72. The lowest BCUT2D eigenvalue weighted by molar-refractivity contribution is -0.241. The Balaban J connectivity index is 1.77. The van der Waals surface area contributed by atoms with Crippen molar-refractivity contribution in [3.8, 4) is 0 Å². The third-order valence-electron chi connectivity index (χ3n) is 4.73. The summed E-state index contributed by atoms with van der Waals surface area (Å²) in [5.74, 6) is 0.287. The molecular weight excluding hydrogens is 288 g/mol. The Morgan fingerprint density at radius 1 is 1.13 bits per heavy atom. The molecule has 0 heterocycles. The van der Waals surface area contributed by atoms with Crippen LogP contribution in [-0.4, -0.2) is 5.97 Å². The summed E-state index contributed by atoms with van der Waals surface area (Å²) in [5, 5.41) is 0. The molecule has 1 aliphatic carbocycles. The number of carbonyl (C=O) groups excluding carboxylic acids is 1. The van der Waals surface area contributed by atoms with Gasteiger partial charge in [0.05, 0.1) is 5.56 Å². The van der Waals surface area contributed by atoms with Crippen LogP contribution in [0.2, 0.25) is 0 Å². The number of rotatable bonds is 5. The van der Waals surface area contributed by atoms with Gasteiger partial charge in [0.2, 0.25) is 0 Å². The van der Waals surface area contributed by atoms with Gasteiger partial charge in [-0.15, -0.1) is 0 Å². The predicted molar refractivity (Wildman–Crippen MR) is 91.6 cm³/mol. The van der Waals surface area contributed by atoms with E-state index in [1.54, 1.807) is 12.1 Å². The van der Waals surface area contributed by atoms with Crippen molar-refractivity contribution in [3.63, 3.8) is 0 Å². The van der Waals surface area contributed by atoms with Crippen LogP contribution in [0.25, 0.3) is 0 Å². The Bertz CT molecular complexity index is 491. The zero-order valence-corrected chi connectivity index (χ0v) is 14.9. The summed E-state index contributed by atoms with van der Waals surface area (Å²) in [6.45, 7) is 8.99. The topological polar surface area (TPSA) is 35.5 Å². The Morgan fingerprint density at radius 3 is 2.26 bits per heavy atom. The maximum atomic E-state index is 12.0. The Labute approximate surface area is 140 Å². The van der Waals surface area contributed by atoms with Crippen molar-refractivity contribution in [2.45, 2.75) is 66.2 Å². The molecule has 0 spiro atoms. The highest BCUT2D eigenvalue weighted by Gasteiger charge is 2.31. The van der Waals surface area contributed by atoms with Crippen molar-refractivity contribution in [2.24, 2.45) is 11.3 Å². The van der Waals surface area contributed by atoms with Gasteiger partial charge in [-0.2, -0.15) is 4.89 Å². The molecule has 3 heteroatoms. The Morgan fingerprint density at radius 2 is 1.74 bits per heavy atom. The fourth-order valence-corrected chi connectivity index (χ4v) is 3.13. The molecule has 0 unspecified atom stereocenters. The monoisotopic (exact) mass is 317 g/mol. The Hall–Kier alpha value is -1.35. The third-order valence-corrected chi connectivity index (χ3v) is 4.73. The van der Waals surface area contributed by atoms with Crippen LogP contribution in [0.15, 0.2) is 24.3 Å². The van der Waals surface area contributed by atoms with Crippen molar-refractivity contribution >= 4 is 5.97 Å². The van der Waals surface area contributed by atoms with E-state index in [-0.39, 0.29) is 0 Å². The van der Waals surface area contributed by atoms with Gasteiger partial charge in [-0.3, -0.25) is 4.89 Å². The molecule has 127 valence electrons. The quantitative estimate of drug-likeness (QED) is 0.531. The fourth-order valence-electron chi connectivity index (χ4n) is 3.13. The van der Waals surface area contributed by atoms with E-state index in [1.807, 2.05) is 12.1 Å². The largest absolute Gasteiger partial charge is 0.373 e. The van der Waals surface area contributed by atoms with E-state index in [4.69, 9.17) is 9.78 Å². The maximum Gasteiger partial charge on any atom is 0.373 e. The van der Waals surface area contributed by atoms with E-state index >= 15 is 0 Å². The van der Waals surface area contributed by atoms with Crippen molar-refractivity contribution < 1.29 is 14.6 Å². The van der Waals surface area contributed by atoms with Crippen LogP contribution in [0.4, 0.5) is 0 Å². The van der Waals surface area contributed by atoms with Gasteiger partial charge >= 0.3 is 5.97 Å². The molecule has 0 aromatic heterocycles. The van der Waals surface area contributed by atoms with Crippen molar-refractivity contribution in [1.82, 2.24) is 0 Å². The molecule has 1 fully saturated rings. The predicted octanol–water partition coefficient (Wildman–Crippen LogP) is 5.50. The molecule has 2 rings (SSSR count). The molecule has 23 heavy (non-hydrogen) atoms. The van der Waals surface area contributed by atoms with E-state index in [1.165, 1.54) is 5.56 Å². The molecule has 0 aliphatic heterocycles. The van der Waals surface area contributed by atoms with Crippen LogP contribution in [0.3, 0.4) is 0 Å². The van der Waals surface area contributed by atoms with Crippen molar-refractivity contribution in [1.29, 1.82) is 0 Å². The van der Waals surface area contributed by atoms with Gasteiger partial charge in [-0.1, -0.05) is 46.2 Å². The summed E-state index contributed by atoms with van der Waals surface area (Å²) in [6, 6.07) is 7.55. The summed E-state index contributed by atoms with van der Waals surface area (Å²) in [5.41, 5.74) is 2.11. The summed E-state index contributed by atoms with van der Waals surface area (Å²) in [6.07, 6.45) is 6.97. The highest BCUT2D eigenvalue weighted by atomic mass is 17.2. The summed E-state index contributed by atoms with van der Waals surface area (Å²) >= 11 is 0. The van der Waals surface area contributed by atoms with E-state index in [0.717, 1.165) is 44.6 Å². The summed E-state index contributed by atoms with van der Waals surface area (Å²) in [4.78, 5) is 22.3. The molecule has 3 nitrogen and oxygen atoms in total. The van der Waals surface area contributed by atoms with E-state index < -0.39 is 5.97 Å². The van der Waals surface area contributed by atoms with E-state index in [9.17, 15) is 4.79 Å². The normalized spacial score (nSPS) is 17.2. The van der Waals surface area contributed by atoms with Crippen LogP contribution in [0, 0.1) is 17.4 Å². The second-order valence-electron chi connectivity index (χ2n) is 7.58. The number of hydrogen-bond donors (Lipinski definition) is 0. The SMILES string of the molecule is CCCc1ccc(C(=O)OO[C]2CCC(C(C)(C)C)CC2)cc1. The standard InChI is InChI=1S/C20H29O3/c1-5-6-15-7-9-16(10-8-15)19(21)23-22-18-13-11-17(12-14-18)20(2,3)4/h7-10,17H,5-6,11-14H2,1-4H3. The molecule has 1 saturated carbocycles. The Kier molecular flexibility index (Phi) is 6.23. The first-order chi connectivity index (χ1) is 10.9. The zero-order chi connectivity index (χ0) is 16.9. The van der Waals surface area contributed by atoms with E-state index in [2.05, 4.69) is 27.7 Å².